The third-order valence-electron chi connectivity index (χ3n) is 2.11. The molecule has 14 heavy (non-hydrogen) atoms. The summed E-state index contributed by atoms with van der Waals surface area (Å²) < 4.78 is 5.25. The standard InChI is InChI=1S/C10H13N3O/c1-3-11-9-12-10(1)2-4-13-5-7-14-8-6-13/h1-4,9H,5-8H2/b4-2+. The predicted molar refractivity (Wildman–Crippen MR) is 53.5 cm³/mol. The van der Waals surface area contributed by atoms with Crippen LogP contribution in [0.25, 0.3) is 6.08 Å². The molecule has 0 atom stereocenters. The predicted octanol–water partition coefficient (Wildman–Crippen LogP) is 0.780. The topological polar surface area (TPSA) is 38.2 Å². The Bertz CT molecular complexity index is 293. The molecule has 0 spiro atoms. The first-order valence-corrected chi connectivity index (χ1v) is 4.71. The van der Waals surface area contributed by atoms with Crippen molar-refractivity contribution in [2.45, 2.75) is 0 Å². The second kappa shape index (κ2) is 4.72. The fourth-order valence-corrected chi connectivity index (χ4v) is 1.31. The number of rotatable bonds is 2. The molecule has 74 valence electrons. The van der Waals surface area contributed by atoms with Gasteiger partial charge in [0.2, 0.25) is 0 Å². The van der Waals surface area contributed by atoms with E-state index in [0.717, 1.165) is 32.0 Å². The van der Waals surface area contributed by atoms with Crippen LogP contribution in [0.15, 0.2) is 24.8 Å². The van der Waals surface area contributed by atoms with Gasteiger partial charge in [-0.25, -0.2) is 9.97 Å². The number of morpholine rings is 1. The summed E-state index contributed by atoms with van der Waals surface area (Å²) in [6.45, 7) is 3.55. The van der Waals surface area contributed by atoms with Crippen LogP contribution in [0.1, 0.15) is 5.69 Å². The molecule has 2 heterocycles. The molecule has 1 saturated heterocycles. The lowest BCUT2D eigenvalue weighted by atomic mass is 10.4. The van der Waals surface area contributed by atoms with Crippen LogP contribution in [-0.4, -0.2) is 41.2 Å². The fourth-order valence-electron chi connectivity index (χ4n) is 1.31. The van der Waals surface area contributed by atoms with Crippen molar-refractivity contribution in [1.82, 2.24) is 14.9 Å². The van der Waals surface area contributed by atoms with Gasteiger partial charge < -0.3 is 9.64 Å². The fraction of sp³-hybridized carbons (Fsp3) is 0.400. The first-order chi connectivity index (χ1) is 6.95. The second-order valence-electron chi connectivity index (χ2n) is 3.10. The highest BCUT2D eigenvalue weighted by Gasteiger charge is 2.04. The van der Waals surface area contributed by atoms with E-state index in [1.165, 1.54) is 0 Å². The highest BCUT2D eigenvalue weighted by molar-refractivity contribution is 5.42. The van der Waals surface area contributed by atoms with E-state index in [1.54, 1.807) is 12.5 Å². The molecule has 0 N–H and O–H groups in total. The quantitative estimate of drug-likeness (QED) is 0.692. The second-order valence-corrected chi connectivity index (χ2v) is 3.10. The molecule has 0 unspecified atom stereocenters. The zero-order valence-corrected chi connectivity index (χ0v) is 7.97. The molecular weight excluding hydrogens is 178 g/mol. The van der Waals surface area contributed by atoms with E-state index in [0.29, 0.717) is 0 Å². The molecule has 2 rings (SSSR count). The van der Waals surface area contributed by atoms with Gasteiger partial charge in [-0.1, -0.05) is 0 Å². The molecule has 4 heteroatoms. The highest BCUT2D eigenvalue weighted by atomic mass is 16.5. The SMILES string of the molecule is C(=C\N1CCOCC1)/c1ccncn1. The summed E-state index contributed by atoms with van der Waals surface area (Å²) in [6, 6.07) is 1.89. The molecular formula is C10H13N3O. The first kappa shape index (κ1) is 9.15. The average molecular weight is 191 g/mol. The molecule has 1 aromatic heterocycles. The van der Waals surface area contributed by atoms with E-state index >= 15 is 0 Å². The van der Waals surface area contributed by atoms with Crippen molar-refractivity contribution in [3.8, 4) is 0 Å². The summed E-state index contributed by atoms with van der Waals surface area (Å²) in [4.78, 5) is 10.2. The van der Waals surface area contributed by atoms with Crippen molar-refractivity contribution in [3.05, 3.63) is 30.5 Å². The zero-order chi connectivity index (χ0) is 9.64. The largest absolute Gasteiger partial charge is 0.378 e. The van der Waals surface area contributed by atoms with E-state index in [4.69, 9.17) is 4.74 Å². The summed E-state index contributed by atoms with van der Waals surface area (Å²) in [5, 5.41) is 0. The van der Waals surface area contributed by atoms with Gasteiger partial charge in [-0.3, -0.25) is 0 Å². The molecule has 1 aliphatic heterocycles. The summed E-state index contributed by atoms with van der Waals surface area (Å²) >= 11 is 0. The smallest absolute Gasteiger partial charge is 0.115 e. The van der Waals surface area contributed by atoms with E-state index in [9.17, 15) is 0 Å². The summed E-state index contributed by atoms with van der Waals surface area (Å²) in [7, 11) is 0. The number of ether oxygens (including phenoxy) is 1. The number of nitrogens with zero attached hydrogens (tertiary/aromatic N) is 3. The van der Waals surface area contributed by atoms with Crippen LogP contribution >= 0.6 is 0 Å². The average Bonchev–Trinajstić information content (AvgIpc) is 2.29. The molecule has 0 aromatic carbocycles. The Balaban J connectivity index is 1.93. The number of aromatic nitrogens is 2. The lowest BCUT2D eigenvalue weighted by Crippen LogP contribution is -2.31. The Kier molecular flexibility index (Phi) is 3.08. The van der Waals surface area contributed by atoms with Crippen LogP contribution in [0, 0.1) is 0 Å². The lowest BCUT2D eigenvalue weighted by molar-refractivity contribution is 0.0597. The molecule has 0 amide bonds. The van der Waals surface area contributed by atoms with Crippen LogP contribution in [0.4, 0.5) is 0 Å². The van der Waals surface area contributed by atoms with Crippen molar-refractivity contribution < 1.29 is 4.74 Å². The van der Waals surface area contributed by atoms with E-state index in [-0.39, 0.29) is 0 Å². The Morgan fingerprint density at radius 2 is 2.21 bits per heavy atom. The normalized spacial score (nSPS) is 17.6. The first-order valence-electron chi connectivity index (χ1n) is 4.71. The van der Waals surface area contributed by atoms with Crippen LogP contribution < -0.4 is 0 Å². The van der Waals surface area contributed by atoms with Gasteiger partial charge in [0.25, 0.3) is 0 Å². The summed E-state index contributed by atoms with van der Waals surface area (Å²) in [5.74, 6) is 0. The monoisotopic (exact) mass is 191 g/mol. The molecule has 4 nitrogen and oxygen atoms in total. The van der Waals surface area contributed by atoms with Crippen LogP contribution in [0.3, 0.4) is 0 Å². The number of hydrogen-bond acceptors (Lipinski definition) is 4. The highest BCUT2D eigenvalue weighted by Crippen LogP contribution is 2.01. The van der Waals surface area contributed by atoms with Gasteiger partial charge in [-0.05, 0) is 12.1 Å². The van der Waals surface area contributed by atoms with Crippen molar-refractivity contribution in [3.63, 3.8) is 0 Å². The van der Waals surface area contributed by atoms with Gasteiger partial charge in [0, 0.05) is 25.5 Å². The van der Waals surface area contributed by atoms with Gasteiger partial charge in [-0.2, -0.15) is 0 Å². The maximum atomic E-state index is 5.25. The minimum absolute atomic E-state index is 0.814. The van der Waals surface area contributed by atoms with Crippen molar-refractivity contribution in [1.29, 1.82) is 0 Å². The third-order valence-corrected chi connectivity index (χ3v) is 2.11. The van der Waals surface area contributed by atoms with E-state index in [1.807, 2.05) is 12.1 Å². The van der Waals surface area contributed by atoms with E-state index < -0.39 is 0 Å². The molecule has 0 bridgehead atoms. The Morgan fingerprint density at radius 3 is 2.93 bits per heavy atom. The summed E-state index contributed by atoms with van der Waals surface area (Å²) in [5.41, 5.74) is 0.937. The molecule has 0 saturated carbocycles. The third kappa shape index (κ3) is 2.53. The minimum atomic E-state index is 0.814. The van der Waals surface area contributed by atoms with Crippen LogP contribution in [0.2, 0.25) is 0 Å². The molecule has 0 radical (unpaired) electrons. The van der Waals surface area contributed by atoms with E-state index in [2.05, 4.69) is 21.1 Å². The Hall–Kier alpha value is -1.42. The summed E-state index contributed by atoms with van der Waals surface area (Å²) in [6.07, 6.45) is 7.35. The Morgan fingerprint density at radius 1 is 1.36 bits per heavy atom. The Labute approximate surface area is 83.2 Å². The minimum Gasteiger partial charge on any atom is -0.378 e. The molecule has 1 fully saturated rings. The van der Waals surface area contributed by atoms with Gasteiger partial charge in [0.1, 0.15) is 6.33 Å². The zero-order valence-electron chi connectivity index (χ0n) is 7.97. The molecule has 0 aliphatic carbocycles. The van der Waals surface area contributed by atoms with Gasteiger partial charge in [0.15, 0.2) is 0 Å². The van der Waals surface area contributed by atoms with Gasteiger partial charge in [0.05, 0.1) is 18.9 Å². The maximum absolute atomic E-state index is 5.25. The van der Waals surface area contributed by atoms with Crippen molar-refractivity contribution in [2.24, 2.45) is 0 Å². The van der Waals surface area contributed by atoms with Crippen molar-refractivity contribution in [2.75, 3.05) is 26.3 Å². The molecule has 1 aromatic rings. The van der Waals surface area contributed by atoms with Crippen LogP contribution in [0.5, 0.6) is 0 Å². The number of hydrogen-bond donors (Lipinski definition) is 0. The van der Waals surface area contributed by atoms with Crippen LogP contribution in [-0.2, 0) is 4.74 Å². The lowest BCUT2D eigenvalue weighted by Gasteiger charge is -2.24. The molecule has 1 aliphatic rings. The van der Waals surface area contributed by atoms with Gasteiger partial charge in [-0.15, -0.1) is 0 Å². The maximum Gasteiger partial charge on any atom is 0.115 e. The van der Waals surface area contributed by atoms with Gasteiger partial charge >= 0.3 is 0 Å². The van der Waals surface area contributed by atoms with Crippen molar-refractivity contribution >= 4 is 6.08 Å².